The third-order valence-electron chi connectivity index (χ3n) is 7.11. The molecule has 6 rings (SSSR count). The van der Waals surface area contributed by atoms with Gasteiger partial charge in [-0.3, -0.25) is 14.2 Å². The molecule has 4 aromatic rings. The number of fused-ring (bicyclic) bond motifs is 1. The van der Waals surface area contributed by atoms with Crippen molar-refractivity contribution < 1.29 is 22.8 Å². The lowest BCUT2D eigenvalue weighted by Crippen LogP contribution is -2.50. The van der Waals surface area contributed by atoms with Crippen molar-refractivity contribution in [1.82, 2.24) is 44.7 Å². The summed E-state index contributed by atoms with van der Waals surface area (Å²) in [7, 11) is 0. The van der Waals surface area contributed by atoms with Gasteiger partial charge >= 0.3 is 11.9 Å². The maximum absolute atomic E-state index is 14.2. The molecule has 1 saturated carbocycles. The van der Waals surface area contributed by atoms with Crippen LogP contribution in [0.15, 0.2) is 53.7 Å². The summed E-state index contributed by atoms with van der Waals surface area (Å²) in [6.07, 6.45) is -1.97. The Morgan fingerprint density at radius 2 is 1.88 bits per heavy atom. The van der Waals surface area contributed by atoms with E-state index in [1.165, 1.54) is 41.5 Å². The highest BCUT2D eigenvalue weighted by Gasteiger charge is 2.61. The second-order valence-corrected chi connectivity index (χ2v) is 10.7. The summed E-state index contributed by atoms with van der Waals surface area (Å²) in [5, 5.41) is 13.8. The zero-order valence-electron chi connectivity index (χ0n) is 21.3. The number of nitrogens with zero attached hydrogens (tertiary/aromatic N) is 7. The number of hydrogen-bond acceptors (Lipinski definition) is 7. The maximum Gasteiger partial charge on any atom is 0.410 e. The van der Waals surface area contributed by atoms with Gasteiger partial charge in [0.1, 0.15) is 18.9 Å². The zero-order valence-corrected chi connectivity index (χ0v) is 22.8. The number of rotatable bonds is 8. The first-order chi connectivity index (χ1) is 20.0. The van der Waals surface area contributed by atoms with Gasteiger partial charge < -0.3 is 10.6 Å². The van der Waals surface area contributed by atoms with E-state index in [1.54, 1.807) is 12.1 Å². The summed E-state index contributed by atoms with van der Waals surface area (Å²) in [4.78, 5) is 45.9. The van der Waals surface area contributed by atoms with Crippen molar-refractivity contribution in [1.29, 1.82) is 0 Å². The first-order valence-electron chi connectivity index (χ1n) is 12.6. The van der Waals surface area contributed by atoms with E-state index in [4.69, 9.17) is 23.2 Å². The van der Waals surface area contributed by atoms with Crippen molar-refractivity contribution in [2.45, 2.75) is 37.8 Å². The molecule has 12 nitrogen and oxygen atoms in total. The number of aromatic nitrogens is 7. The summed E-state index contributed by atoms with van der Waals surface area (Å²) in [5.74, 6) is -1.84. The lowest BCUT2D eigenvalue weighted by molar-refractivity contribution is -0.165. The third-order valence-corrected chi connectivity index (χ3v) is 7.66. The van der Waals surface area contributed by atoms with Gasteiger partial charge in [0.15, 0.2) is 17.5 Å². The number of piperidine rings is 1. The van der Waals surface area contributed by atoms with Gasteiger partial charge in [0.25, 0.3) is 0 Å². The van der Waals surface area contributed by atoms with E-state index >= 15 is 0 Å². The van der Waals surface area contributed by atoms with Crippen LogP contribution in [-0.4, -0.2) is 64.2 Å². The molecule has 17 heteroatoms. The van der Waals surface area contributed by atoms with Crippen LogP contribution < -0.4 is 16.3 Å². The summed E-state index contributed by atoms with van der Waals surface area (Å²) in [5.41, 5.74) is -0.563. The molecule has 2 amide bonds. The van der Waals surface area contributed by atoms with Crippen molar-refractivity contribution in [3.63, 3.8) is 0 Å². The molecular weight excluding hydrogens is 602 g/mol. The zero-order chi connectivity index (χ0) is 29.8. The molecule has 42 heavy (non-hydrogen) atoms. The van der Waals surface area contributed by atoms with Crippen LogP contribution >= 0.6 is 23.2 Å². The standard InChI is InChI=1S/C25H20Cl2F3N9O3/c26-13-5-3-12(4-6-13)21-36-38(10-17-32-11-39(35-17)22-15(27)2-1-7-31-22)24(42)37(21)9-16(25(28,29)30)33-23(41)19-14-8-18(40)34-20(14)19/h1-7,11,14,16,19-20H,8-10H2,(H,33,41)(H,34,40)/t14?,16?,19-,20?/m1/s1. The highest BCUT2D eigenvalue weighted by atomic mass is 35.5. The minimum Gasteiger partial charge on any atom is -0.352 e. The second-order valence-electron chi connectivity index (χ2n) is 9.89. The molecule has 3 unspecified atom stereocenters. The number of carbonyl (C=O) groups is 2. The van der Waals surface area contributed by atoms with E-state index in [9.17, 15) is 27.6 Å². The molecule has 0 spiro atoms. The van der Waals surface area contributed by atoms with Crippen LogP contribution in [0.4, 0.5) is 13.2 Å². The Labute approximate surface area is 244 Å². The molecule has 3 aromatic heterocycles. The van der Waals surface area contributed by atoms with E-state index in [1.807, 2.05) is 5.32 Å². The molecule has 218 valence electrons. The first kappa shape index (κ1) is 27.9. The summed E-state index contributed by atoms with van der Waals surface area (Å²) >= 11 is 12.1. The molecule has 1 aliphatic heterocycles. The molecule has 1 saturated heterocycles. The summed E-state index contributed by atoms with van der Waals surface area (Å²) in [6.45, 7) is -1.23. The molecule has 0 radical (unpaired) electrons. The molecule has 0 bridgehead atoms. The van der Waals surface area contributed by atoms with Crippen LogP contribution in [0.2, 0.25) is 10.0 Å². The van der Waals surface area contributed by atoms with Crippen molar-refractivity contribution >= 4 is 35.0 Å². The van der Waals surface area contributed by atoms with Gasteiger partial charge in [-0.2, -0.15) is 13.2 Å². The van der Waals surface area contributed by atoms with Crippen LogP contribution in [0.3, 0.4) is 0 Å². The van der Waals surface area contributed by atoms with Crippen LogP contribution in [0.1, 0.15) is 12.2 Å². The quantitative estimate of drug-likeness (QED) is 0.307. The molecule has 1 aromatic carbocycles. The number of nitrogens with one attached hydrogen (secondary N) is 2. The normalized spacial score (nSPS) is 20.2. The molecular formula is C25H20Cl2F3N9O3. The van der Waals surface area contributed by atoms with E-state index in [0.29, 0.717) is 21.4 Å². The molecule has 2 N–H and O–H groups in total. The summed E-state index contributed by atoms with van der Waals surface area (Å²) < 4.78 is 45.6. The van der Waals surface area contributed by atoms with Crippen molar-refractivity contribution in [2.75, 3.05) is 0 Å². The van der Waals surface area contributed by atoms with Crippen molar-refractivity contribution in [2.24, 2.45) is 11.8 Å². The van der Waals surface area contributed by atoms with Crippen LogP contribution in [-0.2, 0) is 22.7 Å². The largest absolute Gasteiger partial charge is 0.410 e. The molecule has 2 fully saturated rings. The van der Waals surface area contributed by atoms with Crippen LogP contribution in [0, 0.1) is 11.8 Å². The smallest absolute Gasteiger partial charge is 0.352 e. The monoisotopic (exact) mass is 621 g/mol. The highest BCUT2D eigenvalue weighted by molar-refractivity contribution is 6.32. The fourth-order valence-electron chi connectivity index (χ4n) is 5.00. The number of hydrogen-bond donors (Lipinski definition) is 2. The number of amides is 2. The summed E-state index contributed by atoms with van der Waals surface area (Å²) in [6, 6.07) is 6.39. The Kier molecular flexibility index (Phi) is 7.01. The minimum atomic E-state index is -4.90. The average Bonchev–Trinajstić information content (AvgIpc) is 3.24. The van der Waals surface area contributed by atoms with Crippen LogP contribution in [0.25, 0.3) is 17.2 Å². The molecule has 4 atom stereocenters. The molecule has 1 aliphatic carbocycles. The second kappa shape index (κ2) is 10.5. The molecule has 2 aliphatic rings. The van der Waals surface area contributed by atoms with E-state index < -0.39 is 42.3 Å². The maximum atomic E-state index is 14.2. The third kappa shape index (κ3) is 5.36. The fraction of sp³-hybridized carbons (Fsp3) is 0.320. The lowest BCUT2D eigenvalue weighted by Gasteiger charge is -2.22. The van der Waals surface area contributed by atoms with Gasteiger partial charge in [-0.25, -0.2) is 24.1 Å². The number of carbonyl (C=O) groups excluding carboxylic acids is 2. The number of halogens is 5. The van der Waals surface area contributed by atoms with E-state index in [-0.39, 0.29) is 36.4 Å². The van der Waals surface area contributed by atoms with Crippen molar-refractivity contribution in [3.8, 4) is 17.2 Å². The van der Waals surface area contributed by atoms with Gasteiger partial charge in [-0.1, -0.05) is 23.2 Å². The predicted octanol–water partition coefficient (Wildman–Crippen LogP) is 2.22. The highest BCUT2D eigenvalue weighted by Crippen LogP contribution is 2.46. The predicted molar refractivity (Wildman–Crippen MR) is 142 cm³/mol. The SMILES string of the molecule is O=C1CC2C(N1)[C@@H]2C(=O)NC(Cn1c(-c2ccc(Cl)cc2)nn(Cc2ncn(-c3ncccc3Cl)n2)c1=O)C(F)(F)F. The van der Waals surface area contributed by atoms with Gasteiger partial charge in [0.05, 0.1) is 17.5 Å². The fourth-order valence-corrected chi connectivity index (χ4v) is 5.33. The molecule has 4 heterocycles. The number of benzene rings is 1. The van der Waals surface area contributed by atoms with Crippen LogP contribution in [0.5, 0.6) is 0 Å². The Hall–Kier alpha value is -4.24. The number of alkyl halides is 3. The number of pyridine rings is 1. The average molecular weight is 622 g/mol. The topological polar surface area (TPSA) is 142 Å². The van der Waals surface area contributed by atoms with Gasteiger partial charge in [-0.15, -0.1) is 10.2 Å². The van der Waals surface area contributed by atoms with E-state index in [0.717, 1.165) is 9.25 Å². The van der Waals surface area contributed by atoms with Gasteiger partial charge in [0, 0.05) is 35.2 Å². The van der Waals surface area contributed by atoms with Crippen molar-refractivity contribution in [3.05, 3.63) is 75.3 Å². The Balaban J connectivity index is 1.30. The Morgan fingerprint density at radius 1 is 1.12 bits per heavy atom. The Morgan fingerprint density at radius 3 is 2.55 bits per heavy atom. The first-order valence-corrected chi connectivity index (χ1v) is 13.4. The van der Waals surface area contributed by atoms with Gasteiger partial charge in [0.2, 0.25) is 11.8 Å². The minimum absolute atomic E-state index is 0.0806. The van der Waals surface area contributed by atoms with Gasteiger partial charge in [-0.05, 0) is 36.4 Å². The lowest BCUT2D eigenvalue weighted by atomic mass is 10.2. The van der Waals surface area contributed by atoms with E-state index in [2.05, 4.69) is 25.5 Å². The Bertz CT molecular complexity index is 1720.